The van der Waals surface area contributed by atoms with Crippen LogP contribution < -0.4 is 0 Å². The van der Waals surface area contributed by atoms with Crippen molar-refractivity contribution in [2.75, 3.05) is 19.7 Å². The zero-order valence-corrected chi connectivity index (χ0v) is 20.4. The number of nitrogens with zero attached hydrogens (tertiary/aromatic N) is 1. The van der Waals surface area contributed by atoms with Gasteiger partial charge in [-0.2, -0.15) is 12.6 Å². The van der Waals surface area contributed by atoms with E-state index < -0.39 is 0 Å². The highest BCUT2D eigenvalue weighted by Gasteiger charge is 2.15. The fraction of sp³-hybridized carbons (Fsp3) is 0.880. The van der Waals surface area contributed by atoms with E-state index in [1.54, 1.807) is 0 Å². The molecule has 1 atom stereocenters. The molecule has 0 radical (unpaired) electrons. The van der Waals surface area contributed by atoms with Gasteiger partial charge in [0.2, 0.25) is 0 Å². The van der Waals surface area contributed by atoms with Crippen LogP contribution in [0.2, 0.25) is 0 Å². The summed E-state index contributed by atoms with van der Waals surface area (Å²) >= 11 is 4.72. The maximum absolute atomic E-state index is 11.4. The molecule has 0 aromatic carbocycles. The number of hydrogen-bond acceptors (Lipinski definition) is 4. The van der Waals surface area contributed by atoms with Crippen LogP contribution in [0.5, 0.6) is 0 Å². The Kier molecular flexibility index (Phi) is 21.8. The number of ether oxygens (including phenoxy) is 1. The van der Waals surface area contributed by atoms with E-state index in [-0.39, 0.29) is 11.3 Å². The molecule has 4 heteroatoms. The van der Waals surface area contributed by atoms with Crippen molar-refractivity contribution in [2.45, 2.75) is 122 Å². The third kappa shape index (κ3) is 19.2. The molecule has 0 aliphatic heterocycles. The van der Waals surface area contributed by atoms with E-state index in [1.165, 1.54) is 109 Å². The summed E-state index contributed by atoms with van der Waals surface area (Å²) in [4.78, 5) is 13.8. The molecule has 0 saturated carbocycles. The average molecular weight is 428 g/mol. The lowest BCUT2D eigenvalue weighted by Gasteiger charge is -2.28. The van der Waals surface area contributed by atoms with Gasteiger partial charge in [0.1, 0.15) is 6.61 Å². The number of hydrogen-bond donors (Lipinski definition) is 1. The van der Waals surface area contributed by atoms with Crippen LogP contribution >= 0.6 is 12.6 Å². The summed E-state index contributed by atoms with van der Waals surface area (Å²) < 4.78 is 5.22. The molecule has 0 N–H and O–H groups in total. The fourth-order valence-corrected chi connectivity index (χ4v) is 3.93. The number of carbonyl (C=O) groups excluding carboxylic acids is 1. The van der Waals surface area contributed by atoms with Crippen LogP contribution in [-0.4, -0.2) is 35.9 Å². The van der Waals surface area contributed by atoms with Gasteiger partial charge < -0.3 is 4.74 Å². The zero-order valence-electron chi connectivity index (χ0n) is 19.5. The van der Waals surface area contributed by atoms with Gasteiger partial charge in [-0.25, -0.2) is 4.79 Å². The highest BCUT2D eigenvalue weighted by molar-refractivity contribution is 7.80. The second kappa shape index (κ2) is 22.2. The monoisotopic (exact) mass is 427 g/mol. The Bertz CT molecular complexity index is 356. The normalized spacial score (nSPS) is 12.3. The Balaban J connectivity index is 4.05. The van der Waals surface area contributed by atoms with Gasteiger partial charge in [0.25, 0.3) is 0 Å². The second-order valence-electron chi connectivity index (χ2n) is 8.30. The number of esters is 1. The van der Waals surface area contributed by atoms with Crippen molar-refractivity contribution in [3.63, 3.8) is 0 Å². The first-order valence-corrected chi connectivity index (χ1v) is 12.9. The third-order valence-electron chi connectivity index (χ3n) is 5.56. The first-order chi connectivity index (χ1) is 14.2. The molecule has 0 fully saturated rings. The van der Waals surface area contributed by atoms with E-state index in [0.717, 1.165) is 13.1 Å². The lowest BCUT2D eigenvalue weighted by Crippen LogP contribution is -2.37. The van der Waals surface area contributed by atoms with Crippen molar-refractivity contribution in [3.05, 3.63) is 12.7 Å². The van der Waals surface area contributed by atoms with Crippen molar-refractivity contribution in [1.82, 2.24) is 4.90 Å². The topological polar surface area (TPSA) is 29.5 Å². The number of thiol groups is 1. The van der Waals surface area contributed by atoms with Crippen LogP contribution in [0, 0.1) is 0 Å². The van der Waals surface area contributed by atoms with Gasteiger partial charge in [0, 0.05) is 6.08 Å². The predicted molar refractivity (Wildman–Crippen MR) is 131 cm³/mol. The second-order valence-corrected chi connectivity index (χ2v) is 8.90. The largest absolute Gasteiger partial charge is 0.460 e. The highest BCUT2D eigenvalue weighted by atomic mass is 32.1. The van der Waals surface area contributed by atoms with Gasteiger partial charge in [0.15, 0.2) is 0 Å². The van der Waals surface area contributed by atoms with Crippen LogP contribution in [0.15, 0.2) is 12.7 Å². The van der Waals surface area contributed by atoms with Crippen LogP contribution in [0.3, 0.4) is 0 Å². The predicted octanol–water partition coefficient (Wildman–Crippen LogP) is 7.55. The van der Waals surface area contributed by atoms with E-state index in [1.807, 2.05) is 0 Å². The summed E-state index contributed by atoms with van der Waals surface area (Å²) in [6.45, 7) is 10.4. The fourth-order valence-electron chi connectivity index (χ4n) is 3.63. The third-order valence-corrected chi connectivity index (χ3v) is 6.04. The molecule has 1 unspecified atom stereocenters. The maximum atomic E-state index is 11.4. The maximum Gasteiger partial charge on any atom is 0.330 e. The zero-order chi connectivity index (χ0) is 21.6. The standard InChI is InChI=1S/C25H49NO2S/c1-4-7-9-11-13-15-17-19-21-26(24(29)23-28-25(27)6-3)22-20-18-16-14-12-10-8-5-2/h6,24,29H,3-5,7-23H2,1-2H3. The Morgan fingerprint density at radius 3 is 1.55 bits per heavy atom. The summed E-state index contributed by atoms with van der Waals surface area (Å²) in [6.07, 6.45) is 22.5. The van der Waals surface area contributed by atoms with Crippen molar-refractivity contribution >= 4 is 18.6 Å². The summed E-state index contributed by atoms with van der Waals surface area (Å²) in [5.74, 6) is -0.358. The molecule has 0 aliphatic rings. The average Bonchev–Trinajstić information content (AvgIpc) is 2.73. The van der Waals surface area contributed by atoms with E-state index in [9.17, 15) is 4.79 Å². The van der Waals surface area contributed by atoms with E-state index in [2.05, 4.69) is 25.3 Å². The molecular formula is C25H49NO2S. The molecule has 0 aliphatic carbocycles. The summed E-state index contributed by atoms with van der Waals surface area (Å²) in [7, 11) is 0. The van der Waals surface area contributed by atoms with Crippen LogP contribution in [0.4, 0.5) is 0 Å². The van der Waals surface area contributed by atoms with Crippen LogP contribution in [0.25, 0.3) is 0 Å². The molecule has 0 bridgehead atoms. The van der Waals surface area contributed by atoms with Crippen molar-refractivity contribution in [3.8, 4) is 0 Å². The molecule has 0 rings (SSSR count). The molecule has 29 heavy (non-hydrogen) atoms. The first kappa shape index (κ1) is 28.5. The lowest BCUT2D eigenvalue weighted by molar-refractivity contribution is -0.138. The summed E-state index contributed by atoms with van der Waals surface area (Å²) in [6, 6.07) is 0. The number of unbranched alkanes of at least 4 members (excludes halogenated alkanes) is 14. The molecule has 0 spiro atoms. The van der Waals surface area contributed by atoms with E-state index in [0.29, 0.717) is 6.61 Å². The molecule has 0 aromatic rings. The lowest BCUT2D eigenvalue weighted by atomic mass is 10.1. The minimum Gasteiger partial charge on any atom is -0.460 e. The van der Waals surface area contributed by atoms with Gasteiger partial charge in [-0.3, -0.25) is 4.90 Å². The number of rotatable bonds is 22. The van der Waals surface area contributed by atoms with Crippen molar-refractivity contribution in [1.29, 1.82) is 0 Å². The molecular weight excluding hydrogens is 378 g/mol. The molecule has 3 nitrogen and oxygen atoms in total. The van der Waals surface area contributed by atoms with Gasteiger partial charge >= 0.3 is 5.97 Å². The minimum atomic E-state index is -0.358. The SMILES string of the molecule is C=CC(=O)OCC(S)N(CCCCCCCCCC)CCCCCCCCCC. The first-order valence-electron chi connectivity index (χ1n) is 12.4. The van der Waals surface area contributed by atoms with Gasteiger partial charge in [-0.15, -0.1) is 0 Å². The number of carbonyl (C=O) groups is 1. The molecule has 0 saturated heterocycles. The Labute approximate surface area is 187 Å². The molecule has 0 amide bonds. The van der Waals surface area contributed by atoms with Gasteiger partial charge in [-0.1, -0.05) is 110 Å². The Hall–Kier alpha value is -0.480. The Morgan fingerprint density at radius 2 is 1.17 bits per heavy atom. The Morgan fingerprint density at radius 1 is 0.793 bits per heavy atom. The van der Waals surface area contributed by atoms with E-state index >= 15 is 0 Å². The van der Waals surface area contributed by atoms with Crippen molar-refractivity contribution < 1.29 is 9.53 Å². The smallest absolute Gasteiger partial charge is 0.330 e. The van der Waals surface area contributed by atoms with Crippen LogP contribution in [0.1, 0.15) is 117 Å². The van der Waals surface area contributed by atoms with Crippen molar-refractivity contribution in [2.24, 2.45) is 0 Å². The highest BCUT2D eigenvalue weighted by Crippen LogP contribution is 2.14. The molecule has 0 aromatic heterocycles. The van der Waals surface area contributed by atoms with Gasteiger partial charge in [-0.05, 0) is 25.9 Å². The minimum absolute atomic E-state index is 0.0204. The molecule has 172 valence electrons. The molecule has 0 heterocycles. The summed E-state index contributed by atoms with van der Waals surface area (Å²) in [5, 5.41) is -0.0204. The quantitative estimate of drug-likeness (QED) is 0.0635. The van der Waals surface area contributed by atoms with E-state index in [4.69, 9.17) is 17.4 Å². The van der Waals surface area contributed by atoms with Gasteiger partial charge in [0.05, 0.1) is 5.37 Å². The van der Waals surface area contributed by atoms with Crippen LogP contribution in [-0.2, 0) is 9.53 Å². The summed E-state index contributed by atoms with van der Waals surface area (Å²) in [5.41, 5.74) is 0.